The molecule has 0 aliphatic heterocycles. The molecule has 0 unspecified atom stereocenters. The molecule has 112 valence electrons. The number of nitrogen functional groups attached to an aromatic ring is 1. The summed E-state index contributed by atoms with van der Waals surface area (Å²) in [6.07, 6.45) is 4.69. The molecule has 0 spiro atoms. The van der Waals surface area contributed by atoms with E-state index in [1.165, 1.54) is 17.4 Å². The van der Waals surface area contributed by atoms with Gasteiger partial charge in [0, 0.05) is 18.8 Å². The third kappa shape index (κ3) is 2.92. The van der Waals surface area contributed by atoms with Gasteiger partial charge in [0.25, 0.3) is 0 Å². The van der Waals surface area contributed by atoms with Gasteiger partial charge in [-0.05, 0) is 25.0 Å². The Kier molecular flexibility index (Phi) is 4.56. The molecule has 1 aliphatic rings. The van der Waals surface area contributed by atoms with Crippen molar-refractivity contribution in [3.63, 3.8) is 0 Å². The van der Waals surface area contributed by atoms with E-state index in [2.05, 4.69) is 0 Å². The molecular formula is C13H18ClFN2O2S. The van der Waals surface area contributed by atoms with Crippen LogP contribution in [0, 0.1) is 5.82 Å². The molecule has 1 saturated carbocycles. The molecule has 2 rings (SSSR count). The van der Waals surface area contributed by atoms with Crippen molar-refractivity contribution < 1.29 is 12.8 Å². The fourth-order valence-corrected chi connectivity index (χ4v) is 4.39. The number of benzene rings is 1. The molecule has 1 aromatic carbocycles. The molecule has 1 aliphatic carbocycles. The van der Waals surface area contributed by atoms with Crippen LogP contribution in [0.5, 0.6) is 0 Å². The topological polar surface area (TPSA) is 63.4 Å². The first-order valence-corrected chi connectivity index (χ1v) is 8.38. The lowest BCUT2D eigenvalue weighted by atomic mass is 9.96. The molecule has 0 aromatic heterocycles. The van der Waals surface area contributed by atoms with Crippen molar-refractivity contribution in [2.24, 2.45) is 0 Å². The average Bonchev–Trinajstić information content (AvgIpc) is 2.42. The molecule has 0 atom stereocenters. The summed E-state index contributed by atoms with van der Waals surface area (Å²) in [6.45, 7) is 0. The third-order valence-corrected chi connectivity index (χ3v) is 5.95. The first-order valence-electron chi connectivity index (χ1n) is 6.56. The number of nitrogens with zero attached hydrogens (tertiary/aromatic N) is 1. The summed E-state index contributed by atoms with van der Waals surface area (Å²) in [5, 5.41) is -0.277. The van der Waals surface area contributed by atoms with Crippen LogP contribution in [0.4, 0.5) is 10.1 Å². The van der Waals surface area contributed by atoms with Crippen LogP contribution in [-0.4, -0.2) is 25.8 Å². The zero-order valence-corrected chi connectivity index (χ0v) is 12.8. The van der Waals surface area contributed by atoms with Gasteiger partial charge in [0.15, 0.2) is 5.82 Å². The fraction of sp³-hybridized carbons (Fsp3) is 0.538. The zero-order chi connectivity index (χ0) is 14.9. The van der Waals surface area contributed by atoms with Gasteiger partial charge in [-0.25, -0.2) is 12.8 Å². The standard InChI is InChI=1S/C13H18ClFN2O2S/c1-17(10-5-3-2-4-6-10)20(18,19)12-8-9(16)7-11(14)13(12)15/h7-8,10H,2-6,16H2,1H3. The van der Waals surface area contributed by atoms with Crippen LogP contribution >= 0.6 is 11.6 Å². The number of nitrogens with two attached hydrogens (primary N) is 1. The number of anilines is 1. The molecule has 0 amide bonds. The normalized spacial score (nSPS) is 17.6. The molecule has 0 radical (unpaired) electrons. The van der Waals surface area contributed by atoms with Gasteiger partial charge >= 0.3 is 0 Å². The van der Waals surface area contributed by atoms with Crippen molar-refractivity contribution in [2.45, 2.75) is 43.0 Å². The number of halogens is 2. The summed E-state index contributed by atoms with van der Waals surface area (Å²) in [4.78, 5) is -0.449. The van der Waals surface area contributed by atoms with Gasteiger partial charge in [-0.2, -0.15) is 4.31 Å². The number of sulfonamides is 1. The second-order valence-corrected chi connectivity index (χ2v) is 7.50. The largest absolute Gasteiger partial charge is 0.399 e. The second-order valence-electron chi connectivity index (χ2n) is 5.13. The summed E-state index contributed by atoms with van der Waals surface area (Å²) in [6, 6.07) is 2.24. The molecule has 7 heteroatoms. The Morgan fingerprint density at radius 3 is 2.50 bits per heavy atom. The van der Waals surface area contributed by atoms with Crippen molar-refractivity contribution in [1.82, 2.24) is 4.31 Å². The molecule has 4 nitrogen and oxygen atoms in total. The van der Waals surface area contributed by atoms with E-state index in [0.717, 1.165) is 38.2 Å². The summed E-state index contributed by atoms with van der Waals surface area (Å²) >= 11 is 5.68. The zero-order valence-electron chi connectivity index (χ0n) is 11.3. The van der Waals surface area contributed by atoms with Crippen molar-refractivity contribution >= 4 is 27.3 Å². The van der Waals surface area contributed by atoms with E-state index in [9.17, 15) is 12.8 Å². The summed E-state index contributed by atoms with van der Waals surface area (Å²) in [5.74, 6) is -0.941. The van der Waals surface area contributed by atoms with Crippen molar-refractivity contribution in [1.29, 1.82) is 0 Å². The van der Waals surface area contributed by atoms with Crippen LogP contribution in [0.15, 0.2) is 17.0 Å². The monoisotopic (exact) mass is 320 g/mol. The van der Waals surface area contributed by atoms with E-state index >= 15 is 0 Å². The highest BCUT2D eigenvalue weighted by Gasteiger charge is 2.32. The van der Waals surface area contributed by atoms with E-state index in [0.29, 0.717) is 0 Å². The molecule has 0 bridgehead atoms. The van der Waals surface area contributed by atoms with Crippen molar-refractivity contribution in [2.75, 3.05) is 12.8 Å². The number of hydrogen-bond acceptors (Lipinski definition) is 3. The Labute approximate surface area is 123 Å². The van der Waals surface area contributed by atoms with E-state index in [1.54, 1.807) is 0 Å². The van der Waals surface area contributed by atoms with E-state index in [4.69, 9.17) is 17.3 Å². The van der Waals surface area contributed by atoms with Crippen LogP contribution in [-0.2, 0) is 10.0 Å². The van der Waals surface area contributed by atoms with Crippen LogP contribution in [0.1, 0.15) is 32.1 Å². The van der Waals surface area contributed by atoms with Crippen molar-refractivity contribution in [3.8, 4) is 0 Å². The van der Waals surface area contributed by atoms with Gasteiger partial charge < -0.3 is 5.73 Å². The number of hydrogen-bond donors (Lipinski definition) is 1. The Balaban J connectivity index is 2.39. The van der Waals surface area contributed by atoms with Gasteiger partial charge in [0.1, 0.15) is 4.90 Å². The molecule has 0 heterocycles. The Morgan fingerprint density at radius 1 is 1.30 bits per heavy atom. The van der Waals surface area contributed by atoms with Crippen LogP contribution in [0.2, 0.25) is 5.02 Å². The minimum atomic E-state index is -3.92. The van der Waals surface area contributed by atoms with Gasteiger partial charge in [0.2, 0.25) is 10.0 Å². The molecule has 1 aromatic rings. The highest BCUT2D eigenvalue weighted by atomic mass is 35.5. The third-order valence-electron chi connectivity index (χ3n) is 3.76. The maximum Gasteiger partial charge on any atom is 0.246 e. The summed E-state index contributed by atoms with van der Waals surface area (Å²) in [7, 11) is -2.43. The quantitative estimate of drug-likeness (QED) is 0.871. The fourth-order valence-electron chi connectivity index (χ4n) is 2.57. The summed E-state index contributed by atoms with van der Waals surface area (Å²) in [5.41, 5.74) is 5.70. The number of rotatable bonds is 3. The first kappa shape index (κ1) is 15.5. The van der Waals surface area contributed by atoms with Gasteiger partial charge in [-0.15, -0.1) is 0 Å². The minimum absolute atomic E-state index is 0.0895. The van der Waals surface area contributed by atoms with Crippen LogP contribution < -0.4 is 5.73 Å². The molecule has 2 N–H and O–H groups in total. The highest BCUT2D eigenvalue weighted by molar-refractivity contribution is 7.89. The Morgan fingerprint density at radius 2 is 1.90 bits per heavy atom. The molecule has 20 heavy (non-hydrogen) atoms. The van der Waals surface area contributed by atoms with E-state index in [1.807, 2.05) is 0 Å². The SMILES string of the molecule is CN(C1CCCCC1)S(=O)(=O)c1cc(N)cc(Cl)c1F. The van der Waals surface area contributed by atoms with E-state index < -0.39 is 20.7 Å². The smallest absolute Gasteiger partial charge is 0.246 e. The molecule has 0 saturated heterocycles. The lowest BCUT2D eigenvalue weighted by Gasteiger charge is -2.30. The average molecular weight is 321 g/mol. The predicted molar refractivity (Wildman–Crippen MR) is 77.6 cm³/mol. The van der Waals surface area contributed by atoms with Crippen LogP contribution in [0.25, 0.3) is 0 Å². The first-order chi connectivity index (χ1) is 9.34. The maximum atomic E-state index is 14.0. The second kappa shape index (κ2) is 5.87. The van der Waals surface area contributed by atoms with Crippen molar-refractivity contribution in [3.05, 3.63) is 23.0 Å². The maximum absolute atomic E-state index is 14.0. The Bertz CT molecular complexity index is 601. The lowest BCUT2D eigenvalue weighted by molar-refractivity contribution is 0.285. The molecule has 1 fully saturated rings. The predicted octanol–water partition coefficient (Wildman–Crippen LogP) is 3.01. The van der Waals surface area contributed by atoms with Crippen LogP contribution in [0.3, 0.4) is 0 Å². The lowest BCUT2D eigenvalue weighted by Crippen LogP contribution is -2.38. The summed E-state index contributed by atoms with van der Waals surface area (Å²) < 4.78 is 40.3. The van der Waals surface area contributed by atoms with E-state index in [-0.39, 0.29) is 16.8 Å². The minimum Gasteiger partial charge on any atom is -0.399 e. The Hall–Kier alpha value is -0.850. The van der Waals surface area contributed by atoms with Gasteiger partial charge in [0.05, 0.1) is 5.02 Å². The molecular weight excluding hydrogens is 303 g/mol. The van der Waals surface area contributed by atoms with Gasteiger partial charge in [-0.3, -0.25) is 0 Å². The highest BCUT2D eigenvalue weighted by Crippen LogP contribution is 2.31. The van der Waals surface area contributed by atoms with Gasteiger partial charge in [-0.1, -0.05) is 30.9 Å².